The first-order valence-corrected chi connectivity index (χ1v) is 6.50. The van der Waals surface area contributed by atoms with Crippen LogP contribution < -0.4 is 10.5 Å². The van der Waals surface area contributed by atoms with Crippen LogP contribution in [-0.4, -0.2) is 17.1 Å². The van der Waals surface area contributed by atoms with Crippen molar-refractivity contribution in [2.75, 3.05) is 0 Å². The fraction of sp³-hybridized carbons (Fsp3) is 0.188. The topological polar surface area (TPSA) is 72.5 Å². The molecular formula is C16H16FNO3. The molecule has 0 saturated heterocycles. The van der Waals surface area contributed by atoms with Crippen LogP contribution in [0.1, 0.15) is 11.1 Å². The van der Waals surface area contributed by atoms with E-state index < -0.39 is 12.0 Å². The summed E-state index contributed by atoms with van der Waals surface area (Å²) in [5.41, 5.74) is 6.75. The van der Waals surface area contributed by atoms with Crippen LogP contribution in [0.25, 0.3) is 0 Å². The summed E-state index contributed by atoms with van der Waals surface area (Å²) in [4.78, 5) is 10.7. The lowest BCUT2D eigenvalue weighted by Crippen LogP contribution is -2.32. The van der Waals surface area contributed by atoms with Crippen molar-refractivity contribution < 1.29 is 19.0 Å². The van der Waals surface area contributed by atoms with E-state index >= 15 is 0 Å². The van der Waals surface area contributed by atoms with E-state index in [2.05, 4.69) is 0 Å². The Bertz CT molecular complexity index is 613. The maximum Gasteiger partial charge on any atom is 0.320 e. The highest BCUT2D eigenvalue weighted by Gasteiger charge is 2.11. The molecule has 0 aliphatic carbocycles. The number of halogens is 1. The van der Waals surface area contributed by atoms with Gasteiger partial charge < -0.3 is 15.6 Å². The Morgan fingerprint density at radius 2 is 1.86 bits per heavy atom. The van der Waals surface area contributed by atoms with Gasteiger partial charge in [-0.3, -0.25) is 4.79 Å². The summed E-state index contributed by atoms with van der Waals surface area (Å²) < 4.78 is 18.9. The normalized spacial score (nSPS) is 11.9. The van der Waals surface area contributed by atoms with Crippen molar-refractivity contribution in [3.05, 3.63) is 65.5 Å². The number of hydrogen-bond donors (Lipinski definition) is 2. The predicted octanol–water partition coefficient (Wildman–Crippen LogP) is 2.36. The maximum absolute atomic E-state index is 13.4. The highest BCUT2D eigenvalue weighted by Crippen LogP contribution is 2.16. The molecule has 0 aliphatic rings. The lowest BCUT2D eigenvalue weighted by Gasteiger charge is -2.09. The SMILES string of the molecule is NC(Cc1ccc(OCc2ccccc2F)cc1)C(=O)O. The Labute approximate surface area is 122 Å². The molecule has 3 N–H and O–H groups in total. The number of carboxylic acids is 1. The van der Waals surface area contributed by atoms with Crippen molar-refractivity contribution >= 4 is 5.97 Å². The van der Waals surface area contributed by atoms with Gasteiger partial charge in [0.1, 0.15) is 24.2 Å². The number of rotatable bonds is 6. The Morgan fingerprint density at radius 3 is 2.48 bits per heavy atom. The number of nitrogens with two attached hydrogens (primary N) is 1. The van der Waals surface area contributed by atoms with Crippen LogP contribution in [0.4, 0.5) is 4.39 Å². The smallest absolute Gasteiger partial charge is 0.320 e. The van der Waals surface area contributed by atoms with Gasteiger partial charge in [-0.1, -0.05) is 30.3 Å². The largest absolute Gasteiger partial charge is 0.489 e. The first-order valence-electron chi connectivity index (χ1n) is 6.50. The molecule has 0 spiro atoms. The Morgan fingerprint density at radius 1 is 1.19 bits per heavy atom. The van der Waals surface area contributed by atoms with Crippen LogP contribution >= 0.6 is 0 Å². The van der Waals surface area contributed by atoms with Gasteiger partial charge in [0.05, 0.1) is 0 Å². The lowest BCUT2D eigenvalue weighted by molar-refractivity contribution is -0.138. The summed E-state index contributed by atoms with van der Waals surface area (Å²) in [5, 5.41) is 8.75. The van der Waals surface area contributed by atoms with Crippen LogP contribution in [0.2, 0.25) is 0 Å². The standard InChI is InChI=1S/C16H16FNO3/c17-14-4-2-1-3-12(14)10-21-13-7-5-11(6-8-13)9-15(18)16(19)20/h1-8,15H,9-10,18H2,(H,19,20). The van der Waals surface area contributed by atoms with E-state index in [4.69, 9.17) is 15.6 Å². The summed E-state index contributed by atoms with van der Waals surface area (Å²) >= 11 is 0. The molecule has 2 rings (SSSR count). The van der Waals surface area contributed by atoms with Crippen LogP contribution in [0, 0.1) is 5.82 Å². The van der Waals surface area contributed by atoms with Gasteiger partial charge in [-0.25, -0.2) is 4.39 Å². The highest BCUT2D eigenvalue weighted by molar-refractivity contribution is 5.73. The molecule has 0 aliphatic heterocycles. The van der Waals surface area contributed by atoms with Crippen molar-refractivity contribution in [1.29, 1.82) is 0 Å². The van der Waals surface area contributed by atoms with E-state index in [1.54, 1.807) is 42.5 Å². The molecule has 1 atom stereocenters. The third-order valence-electron chi connectivity index (χ3n) is 3.05. The minimum Gasteiger partial charge on any atom is -0.489 e. The van der Waals surface area contributed by atoms with Gasteiger partial charge >= 0.3 is 5.97 Å². The van der Waals surface area contributed by atoms with Crippen molar-refractivity contribution in [2.24, 2.45) is 5.73 Å². The first-order chi connectivity index (χ1) is 10.1. The minimum atomic E-state index is -1.03. The zero-order valence-electron chi connectivity index (χ0n) is 11.3. The van der Waals surface area contributed by atoms with Crippen molar-refractivity contribution in [3.63, 3.8) is 0 Å². The fourth-order valence-corrected chi connectivity index (χ4v) is 1.84. The molecule has 21 heavy (non-hydrogen) atoms. The van der Waals surface area contributed by atoms with Gasteiger partial charge in [0.25, 0.3) is 0 Å². The summed E-state index contributed by atoms with van der Waals surface area (Å²) in [5.74, 6) is -0.748. The van der Waals surface area contributed by atoms with Crippen LogP contribution in [-0.2, 0) is 17.8 Å². The Hall–Kier alpha value is -2.40. The first kappa shape index (κ1) is 15.0. The number of carboxylic acid groups (broad SMARTS) is 1. The second-order valence-electron chi connectivity index (χ2n) is 4.67. The van der Waals surface area contributed by atoms with Crippen LogP contribution in [0.15, 0.2) is 48.5 Å². The van der Waals surface area contributed by atoms with Gasteiger partial charge in [0.15, 0.2) is 0 Å². The molecular weight excluding hydrogens is 273 g/mol. The Balaban J connectivity index is 1.94. The van der Waals surface area contributed by atoms with Crippen molar-refractivity contribution in [1.82, 2.24) is 0 Å². The van der Waals surface area contributed by atoms with Gasteiger partial charge in [0, 0.05) is 5.56 Å². The lowest BCUT2D eigenvalue weighted by atomic mass is 10.1. The minimum absolute atomic E-state index is 0.140. The zero-order valence-corrected chi connectivity index (χ0v) is 11.3. The van der Waals surface area contributed by atoms with Crippen LogP contribution in [0.3, 0.4) is 0 Å². The molecule has 1 unspecified atom stereocenters. The maximum atomic E-state index is 13.4. The highest BCUT2D eigenvalue weighted by atomic mass is 19.1. The van der Waals surface area contributed by atoms with E-state index in [0.29, 0.717) is 11.3 Å². The average Bonchev–Trinajstić information content (AvgIpc) is 2.48. The predicted molar refractivity (Wildman–Crippen MR) is 76.5 cm³/mol. The molecule has 4 nitrogen and oxygen atoms in total. The van der Waals surface area contributed by atoms with E-state index in [-0.39, 0.29) is 18.8 Å². The fourth-order valence-electron chi connectivity index (χ4n) is 1.84. The Kier molecular flexibility index (Phi) is 4.90. The van der Waals surface area contributed by atoms with Gasteiger partial charge in [-0.2, -0.15) is 0 Å². The monoisotopic (exact) mass is 289 g/mol. The second kappa shape index (κ2) is 6.85. The molecule has 2 aromatic rings. The molecule has 0 fully saturated rings. The van der Waals surface area contributed by atoms with E-state index in [0.717, 1.165) is 5.56 Å². The van der Waals surface area contributed by atoms with E-state index in [1.165, 1.54) is 6.07 Å². The molecule has 0 heterocycles. The van der Waals surface area contributed by atoms with Crippen molar-refractivity contribution in [2.45, 2.75) is 19.1 Å². The second-order valence-corrected chi connectivity index (χ2v) is 4.67. The van der Waals surface area contributed by atoms with E-state index in [1.807, 2.05) is 0 Å². The molecule has 0 radical (unpaired) electrons. The molecule has 2 aromatic carbocycles. The third kappa shape index (κ3) is 4.29. The summed E-state index contributed by atoms with van der Waals surface area (Å²) in [6.45, 7) is 0.140. The molecule has 0 amide bonds. The number of hydrogen-bond acceptors (Lipinski definition) is 3. The summed E-state index contributed by atoms with van der Waals surface area (Å²) in [6, 6.07) is 12.4. The quantitative estimate of drug-likeness (QED) is 0.856. The summed E-state index contributed by atoms with van der Waals surface area (Å²) in [7, 11) is 0. The molecule has 0 bridgehead atoms. The zero-order chi connectivity index (χ0) is 15.2. The number of benzene rings is 2. The molecule has 0 aromatic heterocycles. The van der Waals surface area contributed by atoms with E-state index in [9.17, 15) is 9.18 Å². The number of aliphatic carboxylic acids is 1. The summed E-state index contributed by atoms with van der Waals surface area (Å²) in [6.07, 6.45) is 0.253. The van der Waals surface area contributed by atoms with Gasteiger partial charge in [-0.05, 0) is 30.2 Å². The van der Waals surface area contributed by atoms with Gasteiger partial charge in [0.2, 0.25) is 0 Å². The molecule has 5 heteroatoms. The number of carbonyl (C=O) groups is 1. The van der Waals surface area contributed by atoms with Crippen LogP contribution in [0.5, 0.6) is 5.75 Å². The average molecular weight is 289 g/mol. The van der Waals surface area contributed by atoms with Gasteiger partial charge in [-0.15, -0.1) is 0 Å². The number of ether oxygens (including phenoxy) is 1. The molecule has 110 valence electrons. The molecule has 0 saturated carbocycles. The third-order valence-corrected chi connectivity index (χ3v) is 3.05. The van der Waals surface area contributed by atoms with Crippen molar-refractivity contribution in [3.8, 4) is 5.75 Å².